The van der Waals surface area contributed by atoms with Gasteiger partial charge in [-0.3, -0.25) is 4.68 Å². The number of nitrogen functional groups attached to an aromatic ring is 1. The standard InChI is InChI=1S/C12H15N3OS/c1-15-9-10(8-14-15)17-7-6-16-12-5-3-2-4-11(12)13/h2-5,8-9H,6-7,13H2,1H3. The Morgan fingerprint density at radius 1 is 1.41 bits per heavy atom. The van der Waals surface area contributed by atoms with Crippen molar-refractivity contribution in [3.05, 3.63) is 36.7 Å². The van der Waals surface area contributed by atoms with Crippen molar-refractivity contribution in [3.63, 3.8) is 0 Å². The van der Waals surface area contributed by atoms with Gasteiger partial charge in [-0.15, -0.1) is 11.8 Å². The van der Waals surface area contributed by atoms with E-state index in [2.05, 4.69) is 5.10 Å². The number of nitrogens with two attached hydrogens (primary N) is 1. The van der Waals surface area contributed by atoms with Crippen LogP contribution in [0.4, 0.5) is 5.69 Å². The first-order valence-electron chi connectivity index (χ1n) is 5.34. The first-order chi connectivity index (χ1) is 8.25. The molecule has 0 saturated heterocycles. The summed E-state index contributed by atoms with van der Waals surface area (Å²) < 4.78 is 7.38. The molecular weight excluding hydrogens is 234 g/mol. The number of para-hydroxylation sites is 2. The summed E-state index contributed by atoms with van der Waals surface area (Å²) in [4.78, 5) is 1.15. The fraction of sp³-hybridized carbons (Fsp3) is 0.250. The van der Waals surface area contributed by atoms with E-state index in [-0.39, 0.29) is 0 Å². The number of anilines is 1. The van der Waals surface area contributed by atoms with E-state index in [9.17, 15) is 0 Å². The highest BCUT2D eigenvalue weighted by molar-refractivity contribution is 7.99. The molecule has 0 atom stereocenters. The van der Waals surface area contributed by atoms with Crippen LogP contribution in [0.1, 0.15) is 0 Å². The van der Waals surface area contributed by atoms with E-state index in [4.69, 9.17) is 10.5 Å². The Bertz CT molecular complexity index is 484. The molecule has 0 aliphatic heterocycles. The Morgan fingerprint density at radius 2 is 2.24 bits per heavy atom. The van der Waals surface area contributed by atoms with E-state index in [1.54, 1.807) is 16.4 Å². The molecule has 5 heteroatoms. The van der Waals surface area contributed by atoms with Gasteiger partial charge in [0.25, 0.3) is 0 Å². The zero-order valence-corrected chi connectivity index (χ0v) is 10.5. The van der Waals surface area contributed by atoms with Gasteiger partial charge in [0.1, 0.15) is 5.75 Å². The van der Waals surface area contributed by atoms with E-state index in [0.29, 0.717) is 12.3 Å². The number of aromatic nitrogens is 2. The van der Waals surface area contributed by atoms with E-state index in [1.165, 1.54) is 0 Å². The molecule has 0 fully saturated rings. The molecule has 90 valence electrons. The molecule has 2 N–H and O–H groups in total. The van der Waals surface area contributed by atoms with Crippen LogP contribution in [0.15, 0.2) is 41.6 Å². The zero-order valence-electron chi connectivity index (χ0n) is 9.67. The maximum atomic E-state index is 5.77. The number of nitrogens with zero attached hydrogens (tertiary/aromatic N) is 2. The van der Waals surface area contributed by atoms with Gasteiger partial charge in [-0.1, -0.05) is 12.1 Å². The lowest BCUT2D eigenvalue weighted by molar-refractivity contribution is 0.346. The average molecular weight is 249 g/mol. The van der Waals surface area contributed by atoms with Crippen molar-refractivity contribution in [2.75, 3.05) is 18.1 Å². The van der Waals surface area contributed by atoms with Crippen molar-refractivity contribution >= 4 is 17.4 Å². The van der Waals surface area contributed by atoms with Gasteiger partial charge in [0.05, 0.1) is 18.5 Å². The van der Waals surface area contributed by atoms with Gasteiger partial charge in [0.15, 0.2) is 0 Å². The SMILES string of the molecule is Cn1cc(SCCOc2ccccc2N)cn1. The van der Waals surface area contributed by atoms with Crippen molar-refractivity contribution in [1.82, 2.24) is 9.78 Å². The number of aryl methyl sites for hydroxylation is 1. The lowest BCUT2D eigenvalue weighted by Gasteiger charge is -2.07. The second kappa shape index (κ2) is 5.63. The van der Waals surface area contributed by atoms with Crippen LogP contribution in [0.5, 0.6) is 5.75 Å². The second-order valence-electron chi connectivity index (χ2n) is 3.58. The van der Waals surface area contributed by atoms with Crippen molar-refractivity contribution in [2.45, 2.75) is 4.90 Å². The van der Waals surface area contributed by atoms with Gasteiger partial charge in [-0.05, 0) is 12.1 Å². The molecule has 1 aromatic carbocycles. The third-order valence-electron chi connectivity index (χ3n) is 2.21. The van der Waals surface area contributed by atoms with Gasteiger partial charge < -0.3 is 10.5 Å². The van der Waals surface area contributed by atoms with Crippen molar-refractivity contribution in [1.29, 1.82) is 0 Å². The third-order valence-corrected chi connectivity index (χ3v) is 3.12. The van der Waals surface area contributed by atoms with Crippen molar-refractivity contribution in [3.8, 4) is 5.75 Å². The molecule has 0 saturated carbocycles. The van der Waals surface area contributed by atoms with Gasteiger partial charge in [0.2, 0.25) is 0 Å². The number of hydrogen-bond acceptors (Lipinski definition) is 4. The number of ether oxygens (including phenoxy) is 1. The van der Waals surface area contributed by atoms with Gasteiger partial charge in [-0.25, -0.2) is 0 Å². The summed E-state index contributed by atoms with van der Waals surface area (Å²) >= 11 is 1.72. The summed E-state index contributed by atoms with van der Waals surface area (Å²) in [6, 6.07) is 7.53. The van der Waals surface area contributed by atoms with Crippen LogP contribution < -0.4 is 10.5 Å². The Morgan fingerprint density at radius 3 is 2.94 bits per heavy atom. The number of benzene rings is 1. The highest BCUT2D eigenvalue weighted by Crippen LogP contribution is 2.21. The minimum atomic E-state index is 0.633. The molecule has 2 aromatic rings. The van der Waals surface area contributed by atoms with Gasteiger partial charge >= 0.3 is 0 Å². The van der Waals surface area contributed by atoms with Crippen LogP contribution in [0.25, 0.3) is 0 Å². The van der Waals surface area contributed by atoms with Crippen molar-refractivity contribution < 1.29 is 4.74 Å². The topological polar surface area (TPSA) is 53.1 Å². The average Bonchev–Trinajstić information content (AvgIpc) is 2.73. The first kappa shape index (κ1) is 11.9. The van der Waals surface area contributed by atoms with E-state index < -0.39 is 0 Å². The van der Waals surface area contributed by atoms with Gasteiger partial charge in [-0.2, -0.15) is 5.10 Å². The Balaban J connectivity index is 1.75. The highest BCUT2D eigenvalue weighted by Gasteiger charge is 2.00. The molecule has 0 bridgehead atoms. The summed E-state index contributed by atoms with van der Waals surface area (Å²) in [7, 11) is 1.91. The van der Waals surface area contributed by atoms with E-state index >= 15 is 0 Å². The van der Waals surface area contributed by atoms with E-state index in [0.717, 1.165) is 16.4 Å². The fourth-order valence-corrected chi connectivity index (χ4v) is 2.15. The smallest absolute Gasteiger partial charge is 0.142 e. The molecule has 1 aromatic heterocycles. The normalized spacial score (nSPS) is 10.4. The van der Waals surface area contributed by atoms with Crippen LogP contribution in [0.2, 0.25) is 0 Å². The zero-order chi connectivity index (χ0) is 12.1. The Hall–Kier alpha value is -1.62. The maximum absolute atomic E-state index is 5.77. The van der Waals surface area contributed by atoms with Crippen LogP contribution in [0.3, 0.4) is 0 Å². The number of thioether (sulfide) groups is 1. The predicted molar refractivity (Wildman–Crippen MR) is 70.3 cm³/mol. The summed E-state index contributed by atoms with van der Waals surface area (Å²) in [5, 5.41) is 4.10. The molecule has 0 spiro atoms. The molecule has 1 heterocycles. The first-order valence-corrected chi connectivity index (χ1v) is 6.33. The molecule has 4 nitrogen and oxygen atoms in total. The fourth-order valence-electron chi connectivity index (χ4n) is 1.40. The largest absolute Gasteiger partial charge is 0.491 e. The Labute approximate surface area is 105 Å². The van der Waals surface area contributed by atoms with Crippen LogP contribution in [-0.2, 0) is 7.05 Å². The monoisotopic (exact) mass is 249 g/mol. The second-order valence-corrected chi connectivity index (χ2v) is 4.75. The van der Waals surface area contributed by atoms with Crippen LogP contribution in [0, 0.1) is 0 Å². The summed E-state index contributed by atoms with van der Waals surface area (Å²) in [6.07, 6.45) is 3.84. The molecular formula is C12H15N3OS. The van der Waals surface area contributed by atoms with Crippen LogP contribution >= 0.6 is 11.8 Å². The van der Waals surface area contributed by atoms with Crippen LogP contribution in [-0.4, -0.2) is 22.1 Å². The van der Waals surface area contributed by atoms with Gasteiger partial charge in [0, 0.05) is 23.9 Å². The highest BCUT2D eigenvalue weighted by atomic mass is 32.2. The molecule has 0 radical (unpaired) electrons. The molecule has 0 aliphatic rings. The molecule has 0 unspecified atom stereocenters. The van der Waals surface area contributed by atoms with Crippen molar-refractivity contribution in [2.24, 2.45) is 7.05 Å². The molecule has 2 rings (SSSR count). The number of hydrogen-bond donors (Lipinski definition) is 1. The third kappa shape index (κ3) is 3.42. The minimum absolute atomic E-state index is 0.633. The summed E-state index contributed by atoms with van der Waals surface area (Å²) in [5.41, 5.74) is 6.45. The molecule has 0 aliphatic carbocycles. The summed E-state index contributed by atoms with van der Waals surface area (Å²) in [6.45, 7) is 0.633. The lowest BCUT2D eigenvalue weighted by Crippen LogP contribution is -2.02. The number of rotatable bonds is 5. The molecule has 17 heavy (non-hydrogen) atoms. The Kier molecular flexibility index (Phi) is 3.93. The van der Waals surface area contributed by atoms with E-state index in [1.807, 2.05) is 43.7 Å². The molecule has 0 amide bonds. The quantitative estimate of drug-likeness (QED) is 0.501. The predicted octanol–water partition coefficient (Wildman–Crippen LogP) is 2.17. The lowest BCUT2D eigenvalue weighted by atomic mass is 10.3. The maximum Gasteiger partial charge on any atom is 0.142 e. The minimum Gasteiger partial charge on any atom is -0.491 e. The summed E-state index contributed by atoms with van der Waals surface area (Å²) in [5.74, 6) is 1.62.